The lowest BCUT2D eigenvalue weighted by molar-refractivity contribution is -0.132. The number of hydrogen-bond acceptors (Lipinski definition) is 6. The zero-order valence-electron chi connectivity index (χ0n) is 14.2. The van der Waals surface area contributed by atoms with Gasteiger partial charge in [0, 0.05) is 25.7 Å². The first-order valence-electron chi connectivity index (χ1n) is 8.05. The van der Waals surface area contributed by atoms with E-state index in [1.54, 1.807) is 14.0 Å². The molecule has 0 spiro atoms. The summed E-state index contributed by atoms with van der Waals surface area (Å²) in [6, 6.07) is 8.07. The minimum atomic E-state index is 0.0565. The number of piperazine rings is 1. The number of rotatable bonds is 4. The molecule has 2 aromatic rings. The number of nitrogens with zero attached hydrogens (tertiary/aromatic N) is 4. The largest absolute Gasteiger partial charge is 0.495 e. The van der Waals surface area contributed by atoms with Crippen molar-refractivity contribution >= 4 is 11.6 Å². The van der Waals surface area contributed by atoms with Crippen LogP contribution in [-0.4, -0.2) is 53.9 Å². The molecule has 7 heteroatoms. The normalized spacial score (nSPS) is 17.9. The lowest BCUT2D eigenvalue weighted by atomic mass is 10.1. The third kappa shape index (κ3) is 3.20. The molecule has 0 N–H and O–H groups in total. The maximum Gasteiger partial charge on any atom is 0.229 e. The molecule has 1 aliphatic heterocycles. The molecule has 3 rings (SSSR count). The van der Waals surface area contributed by atoms with Gasteiger partial charge in [0.25, 0.3) is 0 Å². The van der Waals surface area contributed by atoms with Gasteiger partial charge in [0.1, 0.15) is 17.1 Å². The maximum atomic E-state index is 12.6. The lowest BCUT2D eigenvalue weighted by Gasteiger charge is -2.41. The molecule has 1 fully saturated rings. The number of aryl methyl sites for hydroxylation is 1. The molecule has 0 bridgehead atoms. The van der Waals surface area contributed by atoms with Gasteiger partial charge in [0.2, 0.25) is 5.91 Å². The Morgan fingerprint density at radius 1 is 1.33 bits per heavy atom. The van der Waals surface area contributed by atoms with Gasteiger partial charge in [-0.05, 0) is 26.0 Å². The number of ether oxygens (including phenoxy) is 1. The Morgan fingerprint density at radius 2 is 2.12 bits per heavy atom. The first kappa shape index (κ1) is 16.3. The summed E-state index contributed by atoms with van der Waals surface area (Å²) < 4.78 is 10.1. The summed E-state index contributed by atoms with van der Waals surface area (Å²) in [6.07, 6.45) is 0.230. The highest BCUT2D eigenvalue weighted by molar-refractivity contribution is 5.79. The van der Waals surface area contributed by atoms with E-state index in [4.69, 9.17) is 4.74 Å². The van der Waals surface area contributed by atoms with Gasteiger partial charge in [-0.2, -0.15) is 0 Å². The zero-order chi connectivity index (χ0) is 17.1. The molecule has 1 aliphatic rings. The molecule has 0 unspecified atom stereocenters. The first-order valence-corrected chi connectivity index (χ1v) is 8.05. The highest BCUT2D eigenvalue weighted by Crippen LogP contribution is 2.29. The van der Waals surface area contributed by atoms with Crippen LogP contribution in [0.4, 0.5) is 5.69 Å². The van der Waals surface area contributed by atoms with Crippen LogP contribution in [0.25, 0.3) is 0 Å². The van der Waals surface area contributed by atoms with E-state index in [2.05, 4.69) is 26.8 Å². The van der Waals surface area contributed by atoms with Crippen molar-refractivity contribution in [2.24, 2.45) is 0 Å². The Balaban J connectivity index is 1.67. The zero-order valence-corrected chi connectivity index (χ0v) is 14.2. The van der Waals surface area contributed by atoms with Crippen molar-refractivity contribution in [1.82, 2.24) is 15.2 Å². The molecular formula is C17H22N4O3. The summed E-state index contributed by atoms with van der Waals surface area (Å²) in [5.41, 5.74) is 2.35. The number of para-hydroxylation sites is 2. The summed E-state index contributed by atoms with van der Waals surface area (Å²) in [7, 11) is 1.68. The minimum Gasteiger partial charge on any atom is -0.495 e. The van der Waals surface area contributed by atoms with E-state index < -0.39 is 0 Å². The van der Waals surface area contributed by atoms with Crippen molar-refractivity contribution in [2.75, 3.05) is 31.6 Å². The van der Waals surface area contributed by atoms with Crippen molar-refractivity contribution in [1.29, 1.82) is 0 Å². The Labute approximate surface area is 141 Å². The van der Waals surface area contributed by atoms with E-state index in [-0.39, 0.29) is 18.4 Å². The smallest absolute Gasteiger partial charge is 0.229 e. The third-order valence-electron chi connectivity index (χ3n) is 4.44. The Morgan fingerprint density at radius 3 is 2.79 bits per heavy atom. The van der Waals surface area contributed by atoms with Crippen LogP contribution in [0.5, 0.6) is 5.75 Å². The fraction of sp³-hybridized carbons (Fsp3) is 0.471. The van der Waals surface area contributed by atoms with Crippen molar-refractivity contribution in [3.8, 4) is 5.75 Å². The van der Waals surface area contributed by atoms with E-state index in [9.17, 15) is 4.79 Å². The molecular weight excluding hydrogens is 308 g/mol. The van der Waals surface area contributed by atoms with Gasteiger partial charge in [-0.1, -0.05) is 22.4 Å². The molecule has 7 nitrogen and oxygen atoms in total. The van der Waals surface area contributed by atoms with E-state index in [1.165, 1.54) is 0 Å². The SMILES string of the molecule is COc1ccccc1N1CCN(C(=O)Cc2nonc2C)[C@H](C)C1. The molecule has 1 aromatic heterocycles. The minimum absolute atomic E-state index is 0.0565. The van der Waals surface area contributed by atoms with Crippen LogP contribution < -0.4 is 9.64 Å². The summed E-state index contributed by atoms with van der Waals surface area (Å²) in [6.45, 7) is 6.06. The standard InChI is InChI=1S/C17H22N4O3/c1-12-11-20(15-6-4-5-7-16(15)23-3)8-9-21(12)17(22)10-14-13(2)18-24-19-14/h4-7,12H,8-11H2,1-3H3/t12-/m1/s1. The predicted molar refractivity (Wildman–Crippen MR) is 89.1 cm³/mol. The van der Waals surface area contributed by atoms with Crippen LogP contribution in [0.1, 0.15) is 18.3 Å². The number of carbonyl (C=O) groups excluding carboxylic acids is 1. The van der Waals surface area contributed by atoms with E-state index in [1.807, 2.05) is 29.2 Å². The Kier molecular flexibility index (Phi) is 4.69. The van der Waals surface area contributed by atoms with Crippen LogP contribution in [0.2, 0.25) is 0 Å². The number of aromatic nitrogens is 2. The van der Waals surface area contributed by atoms with Crippen LogP contribution in [-0.2, 0) is 11.2 Å². The number of anilines is 1. The van der Waals surface area contributed by atoms with Crippen molar-refractivity contribution in [3.05, 3.63) is 35.7 Å². The van der Waals surface area contributed by atoms with Crippen molar-refractivity contribution in [3.63, 3.8) is 0 Å². The second-order valence-corrected chi connectivity index (χ2v) is 6.03. The number of hydrogen-bond donors (Lipinski definition) is 0. The number of amides is 1. The molecule has 1 atom stereocenters. The summed E-state index contributed by atoms with van der Waals surface area (Å²) >= 11 is 0. The quantitative estimate of drug-likeness (QED) is 0.849. The second-order valence-electron chi connectivity index (χ2n) is 6.03. The monoisotopic (exact) mass is 330 g/mol. The molecule has 0 saturated carbocycles. The van der Waals surface area contributed by atoms with E-state index in [0.29, 0.717) is 17.9 Å². The second kappa shape index (κ2) is 6.90. The highest BCUT2D eigenvalue weighted by Gasteiger charge is 2.29. The van der Waals surface area contributed by atoms with Gasteiger partial charge in [-0.25, -0.2) is 4.63 Å². The van der Waals surface area contributed by atoms with E-state index in [0.717, 1.165) is 24.5 Å². The molecule has 1 aromatic carbocycles. The van der Waals surface area contributed by atoms with Crippen LogP contribution in [0.15, 0.2) is 28.9 Å². The van der Waals surface area contributed by atoms with Crippen molar-refractivity contribution < 1.29 is 14.2 Å². The number of carbonyl (C=O) groups is 1. The molecule has 1 saturated heterocycles. The molecule has 24 heavy (non-hydrogen) atoms. The number of benzene rings is 1. The lowest BCUT2D eigenvalue weighted by Crippen LogP contribution is -2.54. The Hall–Kier alpha value is -2.57. The average Bonchev–Trinajstić information content (AvgIpc) is 2.99. The summed E-state index contributed by atoms with van der Waals surface area (Å²) in [4.78, 5) is 16.7. The molecule has 0 radical (unpaired) electrons. The molecule has 2 heterocycles. The molecule has 0 aliphatic carbocycles. The van der Waals surface area contributed by atoms with Crippen LogP contribution in [0, 0.1) is 6.92 Å². The van der Waals surface area contributed by atoms with Gasteiger partial charge in [-0.3, -0.25) is 4.79 Å². The van der Waals surface area contributed by atoms with Crippen LogP contribution in [0.3, 0.4) is 0 Å². The maximum absolute atomic E-state index is 12.6. The van der Waals surface area contributed by atoms with Gasteiger partial charge in [0.05, 0.1) is 19.2 Å². The van der Waals surface area contributed by atoms with Gasteiger partial charge in [-0.15, -0.1) is 0 Å². The Bertz CT molecular complexity index is 715. The summed E-state index contributed by atoms with van der Waals surface area (Å²) in [5.74, 6) is 0.912. The van der Waals surface area contributed by atoms with E-state index >= 15 is 0 Å². The fourth-order valence-electron chi connectivity index (χ4n) is 3.09. The first-order chi connectivity index (χ1) is 11.6. The highest BCUT2D eigenvalue weighted by atomic mass is 16.6. The van der Waals surface area contributed by atoms with Gasteiger partial charge >= 0.3 is 0 Å². The van der Waals surface area contributed by atoms with Gasteiger partial charge < -0.3 is 14.5 Å². The molecule has 1 amide bonds. The predicted octanol–water partition coefficient (Wildman–Crippen LogP) is 1.67. The third-order valence-corrected chi connectivity index (χ3v) is 4.44. The van der Waals surface area contributed by atoms with Gasteiger partial charge in [0.15, 0.2) is 0 Å². The average molecular weight is 330 g/mol. The topological polar surface area (TPSA) is 71.7 Å². The molecule has 128 valence electrons. The number of methoxy groups -OCH3 is 1. The van der Waals surface area contributed by atoms with Crippen molar-refractivity contribution in [2.45, 2.75) is 26.3 Å². The fourth-order valence-corrected chi connectivity index (χ4v) is 3.09. The van der Waals surface area contributed by atoms with Crippen LogP contribution >= 0.6 is 0 Å². The summed E-state index contributed by atoms with van der Waals surface area (Å²) in [5, 5.41) is 7.53.